The molecule has 0 atom stereocenters. The molecule has 5 nitrogen and oxygen atoms in total. The van der Waals surface area contributed by atoms with Crippen LogP contribution >= 0.6 is 11.6 Å². The molecule has 1 aliphatic carbocycles. The predicted molar refractivity (Wildman–Crippen MR) is 99.3 cm³/mol. The molecular formula is C19H18ClN3O2. The lowest BCUT2D eigenvalue weighted by Gasteiger charge is -2.21. The van der Waals surface area contributed by atoms with Crippen molar-refractivity contribution in [1.82, 2.24) is 0 Å². The number of rotatable bonds is 2. The van der Waals surface area contributed by atoms with Gasteiger partial charge in [0.05, 0.1) is 5.41 Å². The van der Waals surface area contributed by atoms with Crippen molar-refractivity contribution < 1.29 is 9.59 Å². The van der Waals surface area contributed by atoms with Gasteiger partial charge >= 0.3 is 6.03 Å². The Hall–Kier alpha value is -2.53. The Morgan fingerprint density at radius 1 is 1.00 bits per heavy atom. The molecule has 0 unspecified atom stereocenters. The number of carbonyl (C=O) groups is 2. The van der Waals surface area contributed by atoms with Gasteiger partial charge in [-0.3, -0.25) is 4.79 Å². The van der Waals surface area contributed by atoms with E-state index in [0.29, 0.717) is 16.4 Å². The van der Waals surface area contributed by atoms with Crippen LogP contribution in [0.2, 0.25) is 5.02 Å². The Bertz CT molecular complexity index is 842. The van der Waals surface area contributed by atoms with Gasteiger partial charge in [-0.25, -0.2) is 4.79 Å². The maximum Gasteiger partial charge on any atom is 0.323 e. The first kappa shape index (κ1) is 16.0. The largest absolute Gasteiger partial charge is 0.325 e. The third-order valence-electron chi connectivity index (χ3n) is 5.04. The number of carbonyl (C=O) groups excluding carboxylic acids is 2. The van der Waals surface area contributed by atoms with Gasteiger partial charge in [-0.15, -0.1) is 0 Å². The van der Waals surface area contributed by atoms with Gasteiger partial charge in [0.15, 0.2) is 0 Å². The van der Waals surface area contributed by atoms with Crippen molar-refractivity contribution in [2.45, 2.75) is 31.1 Å². The molecule has 2 aromatic carbocycles. The third-order valence-corrected chi connectivity index (χ3v) is 5.29. The Balaban J connectivity index is 1.53. The fourth-order valence-corrected chi connectivity index (χ4v) is 3.92. The van der Waals surface area contributed by atoms with E-state index in [1.165, 1.54) is 0 Å². The van der Waals surface area contributed by atoms with Crippen LogP contribution in [0.25, 0.3) is 0 Å². The molecule has 1 heterocycles. The van der Waals surface area contributed by atoms with Crippen molar-refractivity contribution >= 4 is 40.6 Å². The van der Waals surface area contributed by atoms with Gasteiger partial charge in [0.2, 0.25) is 5.91 Å². The van der Waals surface area contributed by atoms with Gasteiger partial charge in [0.1, 0.15) is 0 Å². The van der Waals surface area contributed by atoms with Gasteiger partial charge in [0, 0.05) is 22.1 Å². The summed E-state index contributed by atoms with van der Waals surface area (Å²) in [6, 6.07) is 12.1. The van der Waals surface area contributed by atoms with Crippen LogP contribution in [0.15, 0.2) is 42.5 Å². The first-order valence-corrected chi connectivity index (χ1v) is 8.74. The maximum atomic E-state index is 12.4. The van der Waals surface area contributed by atoms with Gasteiger partial charge in [0.25, 0.3) is 0 Å². The van der Waals surface area contributed by atoms with E-state index < -0.39 is 5.41 Å². The van der Waals surface area contributed by atoms with Crippen LogP contribution in [0.1, 0.15) is 31.2 Å². The molecule has 0 bridgehead atoms. The zero-order valence-electron chi connectivity index (χ0n) is 13.6. The van der Waals surface area contributed by atoms with E-state index in [4.69, 9.17) is 11.6 Å². The van der Waals surface area contributed by atoms with Crippen molar-refractivity contribution in [3.8, 4) is 0 Å². The number of anilines is 3. The topological polar surface area (TPSA) is 70.2 Å². The number of hydrogen-bond acceptors (Lipinski definition) is 2. The minimum absolute atomic E-state index is 0.0859. The summed E-state index contributed by atoms with van der Waals surface area (Å²) in [4.78, 5) is 24.6. The van der Waals surface area contributed by atoms with Crippen molar-refractivity contribution in [1.29, 1.82) is 0 Å². The van der Waals surface area contributed by atoms with E-state index in [-0.39, 0.29) is 11.9 Å². The van der Waals surface area contributed by atoms with E-state index in [1.807, 2.05) is 12.1 Å². The molecular weight excluding hydrogens is 338 g/mol. The predicted octanol–water partition coefficient (Wildman–Crippen LogP) is 4.75. The van der Waals surface area contributed by atoms with Crippen LogP contribution in [0, 0.1) is 0 Å². The van der Waals surface area contributed by atoms with Gasteiger partial charge in [-0.1, -0.05) is 24.4 Å². The number of urea groups is 1. The average molecular weight is 356 g/mol. The molecule has 3 amide bonds. The van der Waals surface area contributed by atoms with Gasteiger partial charge in [-0.05, 0) is 60.9 Å². The first-order chi connectivity index (χ1) is 12.1. The molecule has 1 saturated carbocycles. The molecule has 0 aromatic heterocycles. The molecule has 1 fully saturated rings. The van der Waals surface area contributed by atoms with E-state index in [1.54, 1.807) is 30.3 Å². The number of hydrogen-bond donors (Lipinski definition) is 3. The maximum absolute atomic E-state index is 12.4. The summed E-state index contributed by atoms with van der Waals surface area (Å²) in [7, 11) is 0. The lowest BCUT2D eigenvalue weighted by molar-refractivity contribution is -0.120. The molecule has 1 spiro atoms. The Morgan fingerprint density at radius 2 is 1.64 bits per heavy atom. The number of halogens is 1. The van der Waals surface area contributed by atoms with E-state index in [2.05, 4.69) is 16.0 Å². The van der Waals surface area contributed by atoms with Gasteiger partial charge in [-0.2, -0.15) is 0 Å². The molecule has 3 N–H and O–H groups in total. The Kier molecular flexibility index (Phi) is 3.88. The highest BCUT2D eigenvalue weighted by molar-refractivity contribution is 6.30. The first-order valence-electron chi connectivity index (χ1n) is 8.36. The monoisotopic (exact) mass is 355 g/mol. The summed E-state index contributed by atoms with van der Waals surface area (Å²) in [5, 5.41) is 9.19. The van der Waals surface area contributed by atoms with Crippen LogP contribution in [-0.2, 0) is 10.2 Å². The fourth-order valence-electron chi connectivity index (χ4n) is 3.79. The third kappa shape index (κ3) is 2.85. The number of nitrogens with one attached hydrogen (secondary N) is 3. The second kappa shape index (κ2) is 6.08. The van der Waals surface area contributed by atoms with Crippen molar-refractivity contribution in [3.63, 3.8) is 0 Å². The number of fused-ring (bicyclic) bond motifs is 2. The normalized spacial score (nSPS) is 17.2. The molecule has 2 aromatic rings. The van der Waals surface area contributed by atoms with Crippen molar-refractivity contribution in [2.75, 3.05) is 16.0 Å². The highest BCUT2D eigenvalue weighted by Crippen LogP contribution is 2.49. The number of benzene rings is 2. The van der Waals surface area contributed by atoms with E-state index in [9.17, 15) is 9.59 Å². The van der Waals surface area contributed by atoms with Crippen molar-refractivity contribution in [2.24, 2.45) is 0 Å². The lowest BCUT2D eigenvalue weighted by Crippen LogP contribution is -2.31. The Labute approximate surface area is 150 Å². The summed E-state index contributed by atoms with van der Waals surface area (Å²) >= 11 is 5.84. The van der Waals surface area contributed by atoms with E-state index >= 15 is 0 Å². The summed E-state index contributed by atoms with van der Waals surface area (Å²) < 4.78 is 0. The molecule has 0 saturated heterocycles. The molecule has 6 heteroatoms. The standard InChI is InChI=1S/C19H18ClN3O2/c20-12-3-5-13(6-4-12)21-18(25)22-14-7-8-16-15(11-14)19(17(24)23-16)9-1-2-10-19/h3-8,11H,1-2,9-10H2,(H,23,24)(H2,21,22,25). The van der Waals surface area contributed by atoms with E-state index in [0.717, 1.165) is 36.9 Å². The molecule has 4 rings (SSSR count). The highest BCUT2D eigenvalue weighted by Gasteiger charge is 2.48. The van der Waals surface area contributed by atoms with Crippen LogP contribution < -0.4 is 16.0 Å². The van der Waals surface area contributed by atoms with Crippen LogP contribution in [0.3, 0.4) is 0 Å². The van der Waals surface area contributed by atoms with Crippen LogP contribution in [0.5, 0.6) is 0 Å². The van der Waals surface area contributed by atoms with Crippen LogP contribution in [0.4, 0.5) is 21.9 Å². The Morgan fingerprint density at radius 3 is 2.36 bits per heavy atom. The zero-order chi connectivity index (χ0) is 17.4. The van der Waals surface area contributed by atoms with Crippen molar-refractivity contribution in [3.05, 3.63) is 53.1 Å². The minimum Gasteiger partial charge on any atom is -0.325 e. The lowest BCUT2D eigenvalue weighted by atomic mass is 9.80. The fraction of sp³-hybridized carbons (Fsp3) is 0.263. The summed E-state index contributed by atoms with van der Waals surface area (Å²) in [5.41, 5.74) is 2.77. The second-order valence-corrected chi connectivity index (χ2v) is 7.03. The smallest absolute Gasteiger partial charge is 0.323 e. The SMILES string of the molecule is O=C(Nc1ccc(Cl)cc1)Nc1ccc2c(c1)C1(CCCC1)C(=O)N2. The average Bonchev–Trinajstić information content (AvgIpc) is 3.18. The quantitative estimate of drug-likeness (QED) is 0.727. The highest BCUT2D eigenvalue weighted by atomic mass is 35.5. The summed E-state index contributed by atoms with van der Waals surface area (Å²) in [6.07, 6.45) is 3.85. The molecule has 1 aliphatic heterocycles. The molecule has 128 valence electrons. The summed E-state index contributed by atoms with van der Waals surface area (Å²) in [6.45, 7) is 0. The minimum atomic E-state index is -0.417. The van der Waals surface area contributed by atoms with Gasteiger partial charge < -0.3 is 16.0 Å². The van der Waals surface area contributed by atoms with Crippen LogP contribution in [-0.4, -0.2) is 11.9 Å². The molecule has 2 aliphatic rings. The summed E-state index contributed by atoms with van der Waals surface area (Å²) in [5.74, 6) is 0.0859. The molecule has 25 heavy (non-hydrogen) atoms. The number of amides is 3. The molecule has 0 radical (unpaired) electrons. The second-order valence-electron chi connectivity index (χ2n) is 6.59. The zero-order valence-corrected chi connectivity index (χ0v) is 14.3.